The molecular formula is C17H15F3N2O3. The van der Waals surface area contributed by atoms with Gasteiger partial charge in [0.05, 0.1) is 6.54 Å². The van der Waals surface area contributed by atoms with Crippen LogP contribution >= 0.6 is 0 Å². The zero-order chi connectivity index (χ0) is 18.4. The Hall–Kier alpha value is -3.03. The molecule has 0 bridgehead atoms. The SMILES string of the molecule is CN(CC(=O)Nc1ccc(F)cc1)C(=O)c1ccc(OC(F)F)cc1. The molecule has 0 atom stereocenters. The highest BCUT2D eigenvalue weighted by Crippen LogP contribution is 2.16. The topological polar surface area (TPSA) is 58.6 Å². The van der Waals surface area contributed by atoms with Gasteiger partial charge in [0.2, 0.25) is 5.91 Å². The van der Waals surface area contributed by atoms with E-state index in [4.69, 9.17) is 0 Å². The Morgan fingerprint density at radius 1 is 1.08 bits per heavy atom. The summed E-state index contributed by atoms with van der Waals surface area (Å²) in [5.41, 5.74) is 0.624. The molecule has 0 unspecified atom stereocenters. The summed E-state index contributed by atoms with van der Waals surface area (Å²) in [4.78, 5) is 25.3. The van der Waals surface area contributed by atoms with Gasteiger partial charge in [-0.1, -0.05) is 0 Å². The van der Waals surface area contributed by atoms with E-state index in [1.165, 1.54) is 60.5 Å². The van der Waals surface area contributed by atoms with Crippen molar-refractivity contribution in [1.82, 2.24) is 4.90 Å². The number of anilines is 1. The number of nitrogens with one attached hydrogen (secondary N) is 1. The minimum Gasteiger partial charge on any atom is -0.435 e. The molecule has 8 heteroatoms. The van der Waals surface area contributed by atoms with Crippen molar-refractivity contribution in [2.24, 2.45) is 0 Å². The van der Waals surface area contributed by atoms with E-state index >= 15 is 0 Å². The van der Waals surface area contributed by atoms with Crippen molar-refractivity contribution in [2.45, 2.75) is 6.61 Å². The van der Waals surface area contributed by atoms with E-state index in [2.05, 4.69) is 10.1 Å². The molecule has 132 valence electrons. The number of hydrogen-bond donors (Lipinski definition) is 1. The van der Waals surface area contributed by atoms with Crippen LogP contribution in [-0.4, -0.2) is 36.9 Å². The van der Waals surface area contributed by atoms with E-state index in [9.17, 15) is 22.8 Å². The van der Waals surface area contributed by atoms with Crippen LogP contribution in [0, 0.1) is 5.82 Å². The predicted molar refractivity (Wildman–Crippen MR) is 85.1 cm³/mol. The number of carbonyl (C=O) groups excluding carboxylic acids is 2. The number of rotatable bonds is 6. The number of nitrogens with zero attached hydrogens (tertiary/aromatic N) is 1. The third-order valence-corrected chi connectivity index (χ3v) is 3.18. The smallest absolute Gasteiger partial charge is 0.387 e. The molecule has 0 aliphatic rings. The fourth-order valence-corrected chi connectivity index (χ4v) is 2.02. The highest BCUT2D eigenvalue weighted by molar-refractivity contribution is 5.99. The van der Waals surface area contributed by atoms with Crippen LogP contribution in [-0.2, 0) is 4.79 Å². The van der Waals surface area contributed by atoms with Crippen molar-refractivity contribution in [2.75, 3.05) is 18.9 Å². The van der Waals surface area contributed by atoms with E-state index in [0.717, 1.165) is 0 Å². The predicted octanol–water partition coefficient (Wildman–Crippen LogP) is 3.14. The quantitative estimate of drug-likeness (QED) is 0.869. The maximum absolute atomic E-state index is 12.8. The van der Waals surface area contributed by atoms with Gasteiger partial charge < -0.3 is 15.0 Å². The fourth-order valence-electron chi connectivity index (χ4n) is 2.02. The molecule has 2 rings (SSSR count). The van der Waals surface area contributed by atoms with Gasteiger partial charge in [0, 0.05) is 18.3 Å². The summed E-state index contributed by atoms with van der Waals surface area (Å²) in [7, 11) is 1.43. The first kappa shape index (κ1) is 18.3. The molecule has 0 saturated heterocycles. The van der Waals surface area contributed by atoms with Crippen molar-refractivity contribution >= 4 is 17.5 Å². The zero-order valence-electron chi connectivity index (χ0n) is 13.2. The lowest BCUT2D eigenvalue weighted by atomic mass is 10.2. The number of ether oxygens (including phenoxy) is 1. The molecule has 0 fully saturated rings. The molecule has 0 saturated carbocycles. The van der Waals surface area contributed by atoms with Crippen molar-refractivity contribution < 1.29 is 27.5 Å². The average Bonchev–Trinajstić information content (AvgIpc) is 2.56. The van der Waals surface area contributed by atoms with E-state index < -0.39 is 24.2 Å². The first-order chi connectivity index (χ1) is 11.8. The maximum atomic E-state index is 12.8. The third kappa shape index (κ3) is 5.52. The highest BCUT2D eigenvalue weighted by atomic mass is 19.3. The van der Waals surface area contributed by atoms with Gasteiger partial charge in [-0.3, -0.25) is 9.59 Å². The molecule has 5 nitrogen and oxygen atoms in total. The average molecular weight is 352 g/mol. The fraction of sp³-hybridized carbons (Fsp3) is 0.176. The Morgan fingerprint density at radius 3 is 2.24 bits per heavy atom. The number of hydrogen-bond acceptors (Lipinski definition) is 3. The van der Waals surface area contributed by atoms with Crippen LogP contribution in [0.3, 0.4) is 0 Å². The molecule has 0 aromatic heterocycles. The van der Waals surface area contributed by atoms with Gasteiger partial charge in [-0.05, 0) is 48.5 Å². The molecular weight excluding hydrogens is 337 g/mol. The molecule has 25 heavy (non-hydrogen) atoms. The number of benzene rings is 2. The van der Waals surface area contributed by atoms with E-state index in [-0.39, 0.29) is 17.9 Å². The van der Waals surface area contributed by atoms with Gasteiger partial charge in [0.15, 0.2) is 0 Å². The second kappa shape index (κ2) is 8.18. The zero-order valence-corrected chi connectivity index (χ0v) is 13.2. The number of alkyl halides is 2. The van der Waals surface area contributed by atoms with E-state index in [1.807, 2.05) is 0 Å². The molecule has 0 aliphatic heterocycles. The van der Waals surface area contributed by atoms with Gasteiger partial charge in [0.25, 0.3) is 5.91 Å². The lowest BCUT2D eigenvalue weighted by Crippen LogP contribution is -2.34. The standard InChI is InChI=1S/C17H15F3N2O3/c1-22(10-15(23)21-13-6-4-12(18)5-7-13)16(24)11-2-8-14(9-3-11)25-17(19)20/h2-9,17H,10H2,1H3,(H,21,23). The van der Waals surface area contributed by atoms with Crippen molar-refractivity contribution in [3.8, 4) is 5.75 Å². The van der Waals surface area contributed by atoms with Gasteiger partial charge >= 0.3 is 6.61 Å². The summed E-state index contributed by atoms with van der Waals surface area (Å²) in [5, 5.41) is 2.53. The Kier molecular flexibility index (Phi) is 5.99. The molecule has 0 aliphatic carbocycles. The van der Waals surface area contributed by atoms with Gasteiger partial charge in [-0.25, -0.2) is 4.39 Å². The lowest BCUT2D eigenvalue weighted by Gasteiger charge is -2.17. The summed E-state index contributed by atoms with van der Waals surface area (Å²) < 4.78 is 41.2. The molecule has 0 spiro atoms. The number of halogens is 3. The normalized spacial score (nSPS) is 10.4. The van der Waals surface area contributed by atoms with E-state index in [1.54, 1.807) is 0 Å². The van der Waals surface area contributed by atoms with Crippen LogP contribution < -0.4 is 10.1 Å². The second-order valence-corrected chi connectivity index (χ2v) is 5.12. The number of likely N-dealkylation sites (N-methyl/N-ethyl adjacent to an activating group) is 1. The summed E-state index contributed by atoms with van der Waals surface area (Å²) in [5.74, 6) is -1.41. The minimum atomic E-state index is -2.95. The van der Waals surface area contributed by atoms with Gasteiger partial charge in [-0.15, -0.1) is 0 Å². The highest BCUT2D eigenvalue weighted by Gasteiger charge is 2.15. The van der Waals surface area contributed by atoms with Crippen molar-refractivity contribution in [3.05, 3.63) is 59.9 Å². The molecule has 2 aromatic rings. The molecule has 1 N–H and O–H groups in total. The minimum absolute atomic E-state index is 0.0664. The summed E-state index contributed by atoms with van der Waals surface area (Å²) in [6, 6.07) is 10.3. The van der Waals surface area contributed by atoms with Crippen LogP contribution in [0.1, 0.15) is 10.4 Å². The van der Waals surface area contributed by atoms with Gasteiger partial charge in [0.1, 0.15) is 11.6 Å². The number of amides is 2. The second-order valence-electron chi connectivity index (χ2n) is 5.12. The van der Waals surface area contributed by atoms with Crippen LogP contribution in [0.4, 0.5) is 18.9 Å². The van der Waals surface area contributed by atoms with Crippen LogP contribution in [0.15, 0.2) is 48.5 Å². The summed E-state index contributed by atoms with van der Waals surface area (Å²) in [6.45, 7) is -3.18. The van der Waals surface area contributed by atoms with Crippen molar-refractivity contribution in [3.63, 3.8) is 0 Å². The maximum Gasteiger partial charge on any atom is 0.387 e. The Bertz CT molecular complexity index is 734. The first-order valence-electron chi connectivity index (χ1n) is 7.21. The molecule has 0 radical (unpaired) electrons. The summed E-state index contributed by atoms with van der Waals surface area (Å²) in [6.07, 6.45) is 0. The molecule has 2 aromatic carbocycles. The lowest BCUT2D eigenvalue weighted by molar-refractivity contribution is -0.116. The first-order valence-corrected chi connectivity index (χ1v) is 7.21. The third-order valence-electron chi connectivity index (χ3n) is 3.18. The molecule has 2 amide bonds. The van der Waals surface area contributed by atoms with Crippen LogP contribution in [0.5, 0.6) is 5.75 Å². The van der Waals surface area contributed by atoms with Crippen LogP contribution in [0.25, 0.3) is 0 Å². The monoisotopic (exact) mass is 352 g/mol. The Labute approximate surface area is 142 Å². The Balaban J connectivity index is 1.92. The Morgan fingerprint density at radius 2 is 1.68 bits per heavy atom. The van der Waals surface area contributed by atoms with E-state index in [0.29, 0.717) is 5.69 Å². The van der Waals surface area contributed by atoms with Crippen LogP contribution in [0.2, 0.25) is 0 Å². The summed E-state index contributed by atoms with van der Waals surface area (Å²) >= 11 is 0. The molecule has 0 heterocycles. The number of carbonyl (C=O) groups is 2. The van der Waals surface area contributed by atoms with Gasteiger partial charge in [-0.2, -0.15) is 8.78 Å². The largest absolute Gasteiger partial charge is 0.435 e. The van der Waals surface area contributed by atoms with Crippen molar-refractivity contribution in [1.29, 1.82) is 0 Å².